The van der Waals surface area contributed by atoms with Gasteiger partial charge >= 0.3 is 71.6 Å². The summed E-state index contributed by atoms with van der Waals surface area (Å²) in [5, 5.41) is 0. The van der Waals surface area contributed by atoms with Crippen LogP contribution in [0.25, 0.3) is 0 Å². The standard InChI is InChI=1S/C16H22O4.C15H20O4.2C14H16O4.C14H20O4.C13H14O4/c1-5-15(19-13(17)11(2)3)6-8-16(9-7-15)10-12(4)14(18)20-16;1-10(2)12(16)18-14(4)5-7-15(8-6-14)9-11(3)13(17)19-15;1-8-6-13(17-11(8)15)4-5-14(10(13)3)7-9(2)12(16)18-14;1-9-7-13(17-11(9)15)3-5-14(6-4-13)8-10(2)12(16)18-14;1-4-13(17-11(3)15)5-7-14(8-6-13)9-10(2)12(16)18-14;1-8-5-12(16-10(8)14)3-4-13(7-12)6-9(2)11(15)17-13/h2,4-10H2,1,3H3;1,3,5-9H2,2,4H3;10H,1-2,4-7H2,3H3;1-8H2;2,4-9H2,1,3H3;1-7H2. The third kappa shape index (κ3) is 17.3. The van der Waals surface area contributed by atoms with Crippen molar-refractivity contribution in [1.82, 2.24) is 0 Å². The van der Waals surface area contributed by atoms with Crippen molar-refractivity contribution in [2.45, 2.75) is 321 Å². The molecule has 6 saturated carbocycles. The number of carbonyl (C=O) groups excluding carboxylic acids is 12. The molecule has 596 valence electrons. The van der Waals surface area contributed by atoms with E-state index < -0.39 is 56.0 Å². The Hall–Kier alpha value is -9.22. The van der Waals surface area contributed by atoms with E-state index in [0.29, 0.717) is 164 Å². The fourth-order valence-corrected chi connectivity index (χ4v) is 18.8. The number of ether oxygens (including phenoxy) is 12. The van der Waals surface area contributed by atoms with Crippen molar-refractivity contribution >= 4 is 71.6 Å². The van der Waals surface area contributed by atoms with E-state index in [0.717, 1.165) is 103 Å². The second-order valence-corrected chi connectivity index (χ2v) is 34.3. The van der Waals surface area contributed by atoms with Crippen molar-refractivity contribution in [3.05, 3.63) is 134 Å². The van der Waals surface area contributed by atoms with Gasteiger partial charge in [0, 0.05) is 138 Å². The lowest BCUT2D eigenvalue weighted by molar-refractivity contribution is -0.173. The molecule has 9 aliphatic heterocycles. The van der Waals surface area contributed by atoms with Crippen molar-refractivity contribution in [2.24, 2.45) is 5.92 Å². The smallest absolute Gasteiger partial charge is 0.334 e. The molecule has 9 spiro atoms. The largest absolute Gasteiger partial charge is 0.459 e. The molecule has 9 saturated heterocycles. The Balaban J connectivity index is 0.000000140. The van der Waals surface area contributed by atoms with Gasteiger partial charge in [0.2, 0.25) is 0 Å². The minimum Gasteiger partial charge on any atom is -0.459 e. The van der Waals surface area contributed by atoms with E-state index in [1.165, 1.54) is 6.92 Å². The van der Waals surface area contributed by atoms with Crippen LogP contribution in [0.15, 0.2) is 134 Å². The Morgan fingerprint density at radius 2 is 0.536 bits per heavy atom. The number of rotatable bonds is 7. The van der Waals surface area contributed by atoms with E-state index in [-0.39, 0.29) is 88.8 Å². The Morgan fingerprint density at radius 1 is 0.318 bits per heavy atom. The molecule has 15 fully saturated rings. The predicted molar refractivity (Wildman–Crippen MR) is 397 cm³/mol. The Bertz CT molecular complexity index is 3770. The molecule has 0 N–H and O–H groups in total. The molecule has 0 aromatic carbocycles. The van der Waals surface area contributed by atoms with Gasteiger partial charge in [0.15, 0.2) is 0 Å². The lowest BCUT2D eigenvalue weighted by Crippen LogP contribution is -2.45. The summed E-state index contributed by atoms with van der Waals surface area (Å²) in [6.07, 6.45) is 21.9. The summed E-state index contributed by atoms with van der Waals surface area (Å²) in [6, 6.07) is 0. The molecule has 9 heterocycles. The Kier molecular flexibility index (Phi) is 23.1. The maximum atomic E-state index is 11.8. The first-order valence-corrected chi connectivity index (χ1v) is 38.4. The third-order valence-corrected chi connectivity index (χ3v) is 25.8. The van der Waals surface area contributed by atoms with Gasteiger partial charge in [-0.3, -0.25) is 4.79 Å². The molecule has 15 rings (SSSR count). The Labute approximate surface area is 643 Å². The van der Waals surface area contributed by atoms with Crippen molar-refractivity contribution in [1.29, 1.82) is 0 Å². The molecule has 4 atom stereocenters. The van der Waals surface area contributed by atoms with Crippen LogP contribution in [0.5, 0.6) is 0 Å². The van der Waals surface area contributed by atoms with E-state index in [1.54, 1.807) is 13.8 Å². The third-order valence-electron chi connectivity index (χ3n) is 25.8. The van der Waals surface area contributed by atoms with Crippen LogP contribution in [0.4, 0.5) is 0 Å². The topological polar surface area (TPSA) is 316 Å². The normalized spacial score (nSPS) is 37.5. The van der Waals surface area contributed by atoms with Crippen LogP contribution in [0.1, 0.15) is 254 Å². The summed E-state index contributed by atoms with van der Waals surface area (Å²) in [4.78, 5) is 138. The van der Waals surface area contributed by atoms with E-state index in [2.05, 4.69) is 72.4 Å². The molecule has 0 bridgehead atoms. The summed E-state index contributed by atoms with van der Waals surface area (Å²) in [6.45, 7) is 53.4. The van der Waals surface area contributed by atoms with E-state index in [1.807, 2.05) is 27.7 Å². The zero-order valence-corrected chi connectivity index (χ0v) is 65.3. The predicted octanol–water partition coefficient (Wildman–Crippen LogP) is 13.9. The first-order chi connectivity index (χ1) is 51.2. The second-order valence-electron chi connectivity index (χ2n) is 34.3. The average molecular weight is 1530 g/mol. The number of hydrogen-bond acceptors (Lipinski definition) is 24. The fourth-order valence-electron chi connectivity index (χ4n) is 18.8. The van der Waals surface area contributed by atoms with Crippen molar-refractivity contribution in [2.75, 3.05) is 0 Å². The highest BCUT2D eigenvalue weighted by Gasteiger charge is 2.65. The summed E-state index contributed by atoms with van der Waals surface area (Å²) >= 11 is 0. The van der Waals surface area contributed by atoms with Crippen LogP contribution in [0.3, 0.4) is 0 Å². The summed E-state index contributed by atoms with van der Waals surface area (Å²) in [7, 11) is 0. The molecular formula is C86H108O24. The van der Waals surface area contributed by atoms with Gasteiger partial charge in [0.25, 0.3) is 0 Å². The number of esters is 12. The lowest BCUT2D eigenvalue weighted by Gasteiger charge is -2.42. The van der Waals surface area contributed by atoms with E-state index in [9.17, 15) is 57.5 Å². The van der Waals surface area contributed by atoms with Crippen LogP contribution < -0.4 is 0 Å². The molecule has 0 aromatic rings. The molecule has 110 heavy (non-hydrogen) atoms. The van der Waals surface area contributed by atoms with Crippen molar-refractivity contribution in [3.8, 4) is 0 Å². The van der Waals surface area contributed by atoms with Crippen LogP contribution in [-0.2, 0) is 114 Å². The minimum atomic E-state index is -0.529. The number of hydrogen-bond donors (Lipinski definition) is 0. The first kappa shape index (κ1) is 83.3. The van der Waals surface area contributed by atoms with Crippen molar-refractivity contribution < 1.29 is 114 Å². The van der Waals surface area contributed by atoms with Gasteiger partial charge in [-0.25, -0.2) is 52.7 Å². The molecule has 0 radical (unpaired) electrons. The second kappa shape index (κ2) is 30.5. The number of carbonyl (C=O) groups is 12. The van der Waals surface area contributed by atoms with Gasteiger partial charge in [-0.2, -0.15) is 0 Å². The lowest BCUT2D eigenvalue weighted by atomic mass is 9.73. The molecule has 15 aliphatic rings. The highest BCUT2D eigenvalue weighted by molar-refractivity contribution is 5.95. The maximum absolute atomic E-state index is 11.8. The zero-order chi connectivity index (χ0) is 81.0. The average Bonchev–Trinajstić information content (AvgIpc) is 1.53. The van der Waals surface area contributed by atoms with Gasteiger partial charge in [-0.15, -0.1) is 0 Å². The maximum Gasteiger partial charge on any atom is 0.334 e. The van der Waals surface area contributed by atoms with Crippen LogP contribution in [0, 0.1) is 5.92 Å². The van der Waals surface area contributed by atoms with Gasteiger partial charge in [0.05, 0.1) is 0 Å². The molecule has 4 unspecified atom stereocenters. The summed E-state index contributed by atoms with van der Waals surface area (Å²) < 4.78 is 65.9. The van der Waals surface area contributed by atoms with Gasteiger partial charge < -0.3 is 56.8 Å². The molecule has 24 heteroatoms. The van der Waals surface area contributed by atoms with E-state index in [4.69, 9.17) is 56.8 Å². The molecule has 6 aliphatic carbocycles. The summed E-state index contributed by atoms with van der Waals surface area (Å²) in [5.41, 5.74) is 0.323. The quantitative estimate of drug-likeness (QED) is 0.130. The van der Waals surface area contributed by atoms with Crippen LogP contribution in [-0.4, -0.2) is 139 Å². The molecule has 0 aromatic heterocycles. The molecule has 0 amide bonds. The fraction of sp³-hybridized carbons (Fsp3) is 0.605. The van der Waals surface area contributed by atoms with Gasteiger partial charge in [0.1, 0.15) is 67.2 Å². The highest BCUT2D eigenvalue weighted by Crippen LogP contribution is 2.59. The van der Waals surface area contributed by atoms with Gasteiger partial charge in [-0.05, 0) is 162 Å². The van der Waals surface area contributed by atoms with Crippen LogP contribution in [0.2, 0.25) is 0 Å². The summed E-state index contributed by atoms with van der Waals surface area (Å²) in [5.74, 6) is -3.61. The van der Waals surface area contributed by atoms with Crippen molar-refractivity contribution in [3.63, 3.8) is 0 Å². The molecule has 24 nitrogen and oxygen atoms in total. The van der Waals surface area contributed by atoms with Crippen LogP contribution >= 0.6 is 0 Å². The molecular weight excluding hydrogens is 1420 g/mol. The monoisotopic (exact) mass is 1520 g/mol. The SMILES string of the molecule is C=C(C)C(=O)OC1(C)CCC2(CC1)CC(=C)C(=O)O2.C=C(C)C(=O)OC1(CC)CCC2(CC1)CC(=C)C(=O)O2.C=C1CC2(CCC(CC)(OC(C)=O)CC2)OC1=O.C=C1CC2(CCC3(CC(=C)C(=O)O3)C2)OC1=O.C=C1CC2(CCC3(CC(=C)C(=O)O3)C2C)OC1=O.C=C1CC2(CCC3(CC2)CC(=C)C(=O)O3)OC1=O. The Morgan fingerprint density at radius 3 is 0.764 bits per heavy atom. The zero-order valence-electron chi connectivity index (χ0n) is 65.3. The van der Waals surface area contributed by atoms with E-state index >= 15 is 0 Å². The highest BCUT2D eigenvalue weighted by atomic mass is 16.6. The minimum absolute atomic E-state index is 0.0172. The first-order valence-electron chi connectivity index (χ1n) is 38.4. The van der Waals surface area contributed by atoms with Gasteiger partial charge in [-0.1, -0.05) is 93.1 Å².